The van der Waals surface area contributed by atoms with Crippen molar-refractivity contribution in [3.05, 3.63) is 71.3 Å². The molecule has 0 saturated carbocycles. The molecule has 0 radical (unpaired) electrons. The number of hydrogen-bond donors (Lipinski definition) is 0. The normalized spacial score (nSPS) is 13.4. The van der Waals surface area contributed by atoms with Crippen LogP contribution in [-0.4, -0.2) is 12.1 Å². The lowest BCUT2D eigenvalue weighted by molar-refractivity contribution is -0.207. The molecule has 2 aromatic rings. The zero-order valence-corrected chi connectivity index (χ0v) is 11.9. The van der Waals surface area contributed by atoms with Gasteiger partial charge in [0.25, 0.3) is 0 Å². The van der Waals surface area contributed by atoms with Gasteiger partial charge in [-0.15, -0.1) is 0 Å². The van der Waals surface area contributed by atoms with Crippen molar-refractivity contribution in [2.45, 2.75) is 18.5 Å². The Labute approximate surface area is 132 Å². The maximum absolute atomic E-state index is 13.2. The number of carbonyl (C=O) groups excluding carboxylic acids is 1. The van der Waals surface area contributed by atoms with E-state index in [1.165, 1.54) is 24.3 Å². The molecule has 2 nitrogen and oxygen atoms in total. The van der Waals surface area contributed by atoms with Gasteiger partial charge in [-0.25, -0.2) is 4.79 Å². The van der Waals surface area contributed by atoms with E-state index in [-0.39, 0.29) is 5.56 Å². The van der Waals surface area contributed by atoms with Crippen LogP contribution in [0.1, 0.15) is 27.6 Å². The van der Waals surface area contributed by atoms with E-state index in [1.54, 1.807) is 6.07 Å². The molecule has 0 aliphatic carbocycles. The Morgan fingerprint density at radius 1 is 0.875 bits per heavy atom. The van der Waals surface area contributed by atoms with Gasteiger partial charge in [-0.2, -0.15) is 26.3 Å². The van der Waals surface area contributed by atoms with Crippen molar-refractivity contribution in [2.24, 2.45) is 0 Å². The molecule has 0 saturated heterocycles. The Morgan fingerprint density at radius 3 is 2.04 bits per heavy atom. The predicted octanol–water partition coefficient (Wildman–Crippen LogP) is 5.17. The fraction of sp³-hybridized carbons (Fsp3) is 0.188. The molecule has 2 aromatic carbocycles. The van der Waals surface area contributed by atoms with Crippen LogP contribution in [0.5, 0.6) is 0 Å². The van der Waals surface area contributed by atoms with Crippen molar-refractivity contribution >= 4 is 5.97 Å². The fourth-order valence-corrected chi connectivity index (χ4v) is 1.95. The molecule has 0 N–H and O–H groups in total. The molecule has 128 valence electrons. The second kappa shape index (κ2) is 6.54. The number of benzene rings is 2. The van der Waals surface area contributed by atoms with Crippen molar-refractivity contribution in [1.29, 1.82) is 0 Å². The van der Waals surface area contributed by atoms with E-state index in [0.29, 0.717) is 12.1 Å². The molecule has 0 aliphatic rings. The molecule has 1 atom stereocenters. The lowest BCUT2D eigenvalue weighted by Crippen LogP contribution is -2.26. The van der Waals surface area contributed by atoms with Gasteiger partial charge < -0.3 is 4.74 Å². The summed E-state index contributed by atoms with van der Waals surface area (Å²) in [4.78, 5) is 11.8. The van der Waals surface area contributed by atoms with Gasteiger partial charge in [-0.3, -0.25) is 0 Å². The number of hydrogen-bond acceptors (Lipinski definition) is 2. The smallest absolute Gasteiger partial charge is 0.429 e. The molecule has 1 unspecified atom stereocenters. The Kier molecular flexibility index (Phi) is 4.86. The fourth-order valence-electron chi connectivity index (χ4n) is 1.95. The highest BCUT2D eigenvalue weighted by atomic mass is 19.4. The minimum atomic E-state index is -5.06. The topological polar surface area (TPSA) is 26.3 Å². The first kappa shape index (κ1) is 17.8. The highest BCUT2D eigenvalue weighted by Gasteiger charge is 2.45. The molecule has 24 heavy (non-hydrogen) atoms. The van der Waals surface area contributed by atoms with Gasteiger partial charge in [-0.1, -0.05) is 30.3 Å². The Morgan fingerprint density at radius 2 is 1.50 bits per heavy atom. The second-order valence-corrected chi connectivity index (χ2v) is 4.82. The third-order valence-corrected chi connectivity index (χ3v) is 3.05. The summed E-state index contributed by atoms with van der Waals surface area (Å²) in [5.74, 6) is -1.28. The standard InChI is InChI=1S/C16H10F6O2/c17-15(18,19)12-8-4-7-11(9-12)13(16(20,21)22)24-14(23)10-5-2-1-3-6-10/h1-9,13H. The molecule has 2 rings (SSSR count). The summed E-state index contributed by atoms with van der Waals surface area (Å²) in [7, 11) is 0. The summed E-state index contributed by atoms with van der Waals surface area (Å²) < 4.78 is 81.9. The lowest BCUT2D eigenvalue weighted by atomic mass is 10.0. The van der Waals surface area contributed by atoms with E-state index < -0.39 is 35.6 Å². The minimum absolute atomic E-state index is 0.140. The van der Waals surface area contributed by atoms with Crippen molar-refractivity contribution in [3.63, 3.8) is 0 Å². The van der Waals surface area contributed by atoms with Gasteiger partial charge in [0.15, 0.2) is 0 Å². The van der Waals surface area contributed by atoms with Crippen LogP contribution in [-0.2, 0) is 10.9 Å². The Bertz CT molecular complexity index is 706. The second-order valence-electron chi connectivity index (χ2n) is 4.82. The first-order chi connectivity index (χ1) is 11.1. The summed E-state index contributed by atoms with van der Waals surface area (Å²) >= 11 is 0. The molecule has 0 amide bonds. The number of halogens is 6. The maximum Gasteiger partial charge on any atom is 0.429 e. The van der Waals surface area contributed by atoms with Crippen LogP contribution in [0.25, 0.3) is 0 Å². The quantitative estimate of drug-likeness (QED) is 0.565. The molecule has 0 aromatic heterocycles. The molecular weight excluding hydrogens is 338 g/mol. The summed E-state index contributed by atoms with van der Waals surface area (Å²) in [6.07, 6.45) is -12.7. The van der Waals surface area contributed by atoms with Gasteiger partial charge in [0.1, 0.15) is 0 Å². The SMILES string of the molecule is O=C(OC(c1cccc(C(F)(F)F)c1)C(F)(F)F)c1ccccc1. The van der Waals surface area contributed by atoms with Crippen molar-refractivity contribution in [3.8, 4) is 0 Å². The summed E-state index contributed by atoms with van der Waals surface area (Å²) in [6.45, 7) is 0. The van der Waals surface area contributed by atoms with Gasteiger partial charge in [0.05, 0.1) is 11.1 Å². The zero-order valence-electron chi connectivity index (χ0n) is 11.9. The predicted molar refractivity (Wildman–Crippen MR) is 72.1 cm³/mol. The molecule has 0 heterocycles. The van der Waals surface area contributed by atoms with E-state index in [1.807, 2.05) is 0 Å². The molecule has 0 aliphatic heterocycles. The average Bonchev–Trinajstić information content (AvgIpc) is 2.51. The minimum Gasteiger partial charge on any atom is -0.444 e. The van der Waals surface area contributed by atoms with Crippen LogP contribution in [0.2, 0.25) is 0 Å². The first-order valence-corrected chi connectivity index (χ1v) is 6.59. The van der Waals surface area contributed by atoms with Crippen LogP contribution in [0.4, 0.5) is 26.3 Å². The monoisotopic (exact) mass is 348 g/mol. The zero-order chi connectivity index (χ0) is 18.0. The van der Waals surface area contributed by atoms with Crippen LogP contribution < -0.4 is 0 Å². The first-order valence-electron chi connectivity index (χ1n) is 6.59. The van der Waals surface area contributed by atoms with Gasteiger partial charge in [0, 0.05) is 5.56 Å². The Hall–Kier alpha value is -2.51. The average molecular weight is 348 g/mol. The van der Waals surface area contributed by atoms with Crippen molar-refractivity contribution in [1.82, 2.24) is 0 Å². The number of esters is 1. The van der Waals surface area contributed by atoms with Gasteiger partial charge in [-0.05, 0) is 24.3 Å². The van der Waals surface area contributed by atoms with E-state index in [2.05, 4.69) is 4.74 Å². The molecule has 0 bridgehead atoms. The van der Waals surface area contributed by atoms with E-state index in [9.17, 15) is 31.1 Å². The lowest BCUT2D eigenvalue weighted by Gasteiger charge is -2.22. The third-order valence-electron chi connectivity index (χ3n) is 3.05. The third kappa shape index (κ3) is 4.27. The van der Waals surface area contributed by atoms with E-state index in [4.69, 9.17) is 0 Å². The highest BCUT2D eigenvalue weighted by molar-refractivity contribution is 5.89. The molecule has 0 fully saturated rings. The van der Waals surface area contributed by atoms with Crippen LogP contribution in [0, 0.1) is 0 Å². The molecular formula is C16H10F6O2. The van der Waals surface area contributed by atoms with Crippen LogP contribution in [0.3, 0.4) is 0 Å². The largest absolute Gasteiger partial charge is 0.444 e. The van der Waals surface area contributed by atoms with E-state index in [0.717, 1.165) is 12.1 Å². The molecule has 0 spiro atoms. The van der Waals surface area contributed by atoms with Crippen LogP contribution >= 0.6 is 0 Å². The maximum atomic E-state index is 13.2. The van der Waals surface area contributed by atoms with Gasteiger partial charge in [0.2, 0.25) is 6.10 Å². The van der Waals surface area contributed by atoms with E-state index >= 15 is 0 Å². The van der Waals surface area contributed by atoms with Crippen molar-refractivity contribution in [2.75, 3.05) is 0 Å². The Balaban J connectivity index is 2.35. The number of carbonyl (C=O) groups is 1. The summed E-state index contributed by atoms with van der Waals surface area (Å²) in [5.41, 5.74) is -2.20. The highest BCUT2D eigenvalue weighted by Crippen LogP contribution is 2.38. The summed E-state index contributed by atoms with van der Waals surface area (Å²) in [6, 6.07) is 9.47. The summed E-state index contributed by atoms with van der Waals surface area (Å²) in [5, 5.41) is 0. The van der Waals surface area contributed by atoms with Gasteiger partial charge >= 0.3 is 18.3 Å². The number of ether oxygens (including phenoxy) is 1. The van der Waals surface area contributed by atoms with Crippen LogP contribution in [0.15, 0.2) is 54.6 Å². The van der Waals surface area contributed by atoms with Crippen molar-refractivity contribution < 1.29 is 35.9 Å². The molecule has 8 heteroatoms. The number of alkyl halides is 6. The number of rotatable bonds is 3.